The number of hydrogen-bond acceptors (Lipinski definition) is 4. The van der Waals surface area contributed by atoms with Gasteiger partial charge in [-0.3, -0.25) is 0 Å². The van der Waals surface area contributed by atoms with E-state index in [1.54, 1.807) is 0 Å². The van der Waals surface area contributed by atoms with Crippen LogP contribution in [-0.4, -0.2) is 9.97 Å². The summed E-state index contributed by atoms with van der Waals surface area (Å²) in [7, 11) is 0. The Balaban J connectivity index is 0.916. The number of nitrogens with zero attached hydrogens (tertiary/aromatic N) is 2. The van der Waals surface area contributed by atoms with Crippen molar-refractivity contribution in [3.63, 3.8) is 0 Å². The molecule has 0 unspecified atom stereocenters. The molecule has 0 aliphatic heterocycles. The first-order chi connectivity index (χ1) is 33.2. The molecule has 67 heavy (non-hydrogen) atoms. The lowest BCUT2D eigenvalue weighted by atomic mass is 9.70. The summed E-state index contributed by atoms with van der Waals surface area (Å²) in [4.78, 5) is 9.68. The first-order valence-electron chi connectivity index (χ1n) is 22.8. The lowest BCUT2D eigenvalue weighted by Crippen LogP contribution is -2.25. The molecule has 12 aromatic rings. The molecule has 2 aliphatic rings. The third-order valence-electron chi connectivity index (χ3n) is 13.9. The van der Waals surface area contributed by atoms with Crippen molar-refractivity contribution in [3.8, 4) is 89.7 Å². The maximum atomic E-state index is 6.25. The monoisotopic (exact) mass is 854 g/mol. The number of aromatic nitrogens is 2. The van der Waals surface area contributed by atoms with E-state index in [-0.39, 0.29) is 0 Å². The zero-order valence-electron chi connectivity index (χ0n) is 36.2. The molecular formula is C63H38N2O2. The van der Waals surface area contributed by atoms with E-state index in [0.717, 1.165) is 72.3 Å². The average molecular weight is 855 g/mol. The topological polar surface area (TPSA) is 52.1 Å². The van der Waals surface area contributed by atoms with Crippen LogP contribution in [0.4, 0.5) is 0 Å². The summed E-state index contributed by atoms with van der Waals surface area (Å²) in [6.45, 7) is 0. The van der Waals surface area contributed by atoms with Crippen LogP contribution in [-0.2, 0) is 5.41 Å². The standard InChI is InChI=1S/C63H38N2O2/c1-4-23-53-49(20-1)50-21-2-5-24-54(50)63(53)55-25-6-3-22-51(55)52-31-30-43(38-56(52)63)39-14-11-15-40(32-39)46-35-47(41-16-12-18-44(33-41)61-64-57-26-7-9-28-59(57)66-61)37-48(36-46)42-17-13-19-45(34-42)62-65-58-27-8-10-29-60(58)67-62/h1-38H. The molecule has 2 aliphatic carbocycles. The molecule has 4 nitrogen and oxygen atoms in total. The Hall–Kier alpha value is -8.86. The smallest absolute Gasteiger partial charge is 0.227 e. The molecule has 14 rings (SSSR count). The zero-order valence-corrected chi connectivity index (χ0v) is 36.2. The Morgan fingerprint density at radius 3 is 1.06 bits per heavy atom. The van der Waals surface area contributed by atoms with Crippen molar-refractivity contribution in [2.24, 2.45) is 0 Å². The van der Waals surface area contributed by atoms with Gasteiger partial charge in [-0.2, -0.15) is 0 Å². The molecule has 0 saturated carbocycles. The Morgan fingerprint density at radius 2 is 0.597 bits per heavy atom. The number of benzene rings is 10. The number of fused-ring (bicyclic) bond motifs is 12. The highest BCUT2D eigenvalue weighted by Gasteiger charge is 2.51. The highest BCUT2D eigenvalue weighted by Crippen LogP contribution is 2.63. The summed E-state index contributed by atoms with van der Waals surface area (Å²) in [5.41, 5.74) is 24.1. The molecule has 2 heterocycles. The number of hydrogen-bond donors (Lipinski definition) is 0. The van der Waals surface area contributed by atoms with Crippen molar-refractivity contribution in [3.05, 3.63) is 253 Å². The predicted molar refractivity (Wildman–Crippen MR) is 270 cm³/mol. The van der Waals surface area contributed by atoms with E-state index in [1.807, 2.05) is 48.5 Å². The van der Waals surface area contributed by atoms with Gasteiger partial charge in [-0.05, 0) is 168 Å². The molecule has 2 aromatic heterocycles. The van der Waals surface area contributed by atoms with Crippen LogP contribution in [0.5, 0.6) is 0 Å². The quantitative estimate of drug-likeness (QED) is 0.167. The van der Waals surface area contributed by atoms with Crippen molar-refractivity contribution in [2.45, 2.75) is 5.41 Å². The Labute approximate surface area is 387 Å². The van der Waals surface area contributed by atoms with Gasteiger partial charge in [0, 0.05) is 11.1 Å². The molecule has 1 spiro atoms. The van der Waals surface area contributed by atoms with E-state index in [0.29, 0.717) is 11.8 Å². The molecule has 0 bridgehead atoms. The van der Waals surface area contributed by atoms with Gasteiger partial charge in [-0.15, -0.1) is 0 Å². The zero-order chi connectivity index (χ0) is 44.1. The van der Waals surface area contributed by atoms with Crippen molar-refractivity contribution < 1.29 is 8.83 Å². The Morgan fingerprint density at radius 1 is 0.254 bits per heavy atom. The number of rotatable bonds is 6. The van der Waals surface area contributed by atoms with Gasteiger partial charge in [0.2, 0.25) is 11.8 Å². The third-order valence-corrected chi connectivity index (χ3v) is 13.9. The van der Waals surface area contributed by atoms with Gasteiger partial charge in [-0.1, -0.05) is 152 Å². The highest BCUT2D eigenvalue weighted by molar-refractivity contribution is 5.96. The van der Waals surface area contributed by atoms with E-state index in [4.69, 9.17) is 18.8 Å². The first kappa shape index (κ1) is 37.5. The summed E-state index contributed by atoms with van der Waals surface area (Å²) in [5.74, 6) is 1.20. The molecule has 0 amide bonds. The summed E-state index contributed by atoms with van der Waals surface area (Å²) in [6.07, 6.45) is 0. The van der Waals surface area contributed by atoms with Crippen LogP contribution in [0.3, 0.4) is 0 Å². The second-order valence-electron chi connectivity index (χ2n) is 17.7. The molecule has 10 aromatic carbocycles. The lowest BCUT2D eigenvalue weighted by Gasteiger charge is -2.30. The maximum Gasteiger partial charge on any atom is 0.227 e. The Bertz CT molecular complexity index is 3700. The molecule has 4 heteroatoms. The molecular weight excluding hydrogens is 817 g/mol. The van der Waals surface area contributed by atoms with Crippen LogP contribution >= 0.6 is 0 Å². The average Bonchev–Trinajstić information content (AvgIpc) is 4.18. The van der Waals surface area contributed by atoms with Crippen LogP contribution in [0, 0.1) is 0 Å². The van der Waals surface area contributed by atoms with Gasteiger partial charge in [0.1, 0.15) is 11.0 Å². The minimum atomic E-state index is -0.408. The summed E-state index contributed by atoms with van der Waals surface area (Å²) in [6, 6.07) is 82.8. The maximum absolute atomic E-state index is 6.25. The van der Waals surface area contributed by atoms with Crippen LogP contribution in [0.15, 0.2) is 239 Å². The van der Waals surface area contributed by atoms with Crippen molar-refractivity contribution >= 4 is 22.2 Å². The van der Waals surface area contributed by atoms with Crippen molar-refractivity contribution in [1.82, 2.24) is 9.97 Å². The van der Waals surface area contributed by atoms with E-state index >= 15 is 0 Å². The fourth-order valence-electron chi connectivity index (χ4n) is 10.9. The van der Waals surface area contributed by atoms with Gasteiger partial charge in [0.15, 0.2) is 11.2 Å². The minimum absolute atomic E-state index is 0.408. The minimum Gasteiger partial charge on any atom is -0.436 e. The Kier molecular flexibility index (Phi) is 8.16. The summed E-state index contributed by atoms with van der Waals surface area (Å²) in [5, 5.41) is 0. The second kappa shape index (κ2) is 14.6. The highest BCUT2D eigenvalue weighted by atomic mass is 16.4. The first-order valence-corrected chi connectivity index (χ1v) is 22.8. The van der Waals surface area contributed by atoms with Gasteiger partial charge >= 0.3 is 0 Å². The number of oxazole rings is 2. The largest absolute Gasteiger partial charge is 0.436 e. The van der Waals surface area contributed by atoms with Gasteiger partial charge < -0.3 is 8.83 Å². The third kappa shape index (κ3) is 5.80. The van der Waals surface area contributed by atoms with Crippen LogP contribution in [0.25, 0.3) is 112 Å². The molecule has 312 valence electrons. The summed E-state index contributed by atoms with van der Waals surface area (Å²) < 4.78 is 12.5. The molecule has 0 N–H and O–H groups in total. The van der Waals surface area contributed by atoms with Crippen LogP contribution in [0.1, 0.15) is 22.3 Å². The number of para-hydroxylation sites is 4. The van der Waals surface area contributed by atoms with Gasteiger partial charge in [-0.25, -0.2) is 9.97 Å². The van der Waals surface area contributed by atoms with Gasteiger partial charge in [0.25, 0.3) is 0 Å². The molecule has 0 saturated heterocycles. The van der Waals surface area contributed by atoms with E-state index in [1.165, 1.54) is 50.1 Å². The normalized spacial score (nSPS) is 12.9. The predicted octanol–water partition coefficient (Wildman–Crippen LogP) is 16.3. The van der Waals surface area contributed by atoms with E-state index in [9.17, 15) is 0 Å². The van der Waals surface area contributed by atoms with Crippen molar-refractivity contribution in [1.29, 1.82) is 0 Å². The summed E-state index contributed by atoms with van der Waals surface area (Å²) >= 11 is 0. The second-order valence-corrected chi connectivity index (χ2v) is 17.7. The van der Waals surface area contributed by atoms with Crippen LogP contribution in [0.2, 0.25) is 0 Å². The molecule has 0 radical (unpaired) electrons. The fraction of sp³-hybridized carbons (Fsp3) is 0.0159. The lowest BCUT2D eigenvalue weighted by molar-refractivity contribution is 0.619. The van der Waals surface area contributed by atoms with E-state index < -0.39 is 5.41 Å². The van der Waals surface area contributed by atoms with Crippen LogP contribution < -0.4 is 0 Å². The molecule has 0 fully saturated rings. The van der Waals surface area contributed by atoms with Crippen molar-refractivity contribution in [2.75, 3.05) is 0 Å². The SMILES string of the molecule is c1cc(-c2cc(-c3cccc(-c4nc5ccccc5o4)c3)cc(-c3cccc(-c4nc5ccccc5o4)c3)c2)cc(-c2ccc3c(c2)C2(c4ccccc4-c4ccccc42)c2ccccc2-3)c1. The van der Waals surface area contributed by atoms with Gasteiger partial charge in [0.05, 0.1) is 5.41 Å². The molecule has 0 atom stereocenters. The fourth-order valence-corrected chi connectivity index (χ4v) is 10.9. The van der Waals surface area contributed by atoms with E-state index in [2.05, 4.69) is 182 Å².